The molecule has 0 radical (unpaired) electrons. The second-order valence-electron chi connectivity index (χ2n) is 4.14. The molecule has 0 saturated heterocycles. The van der Waals surface area contributed by atoms with Gasteiger partial charge >= 0.3 is 0 Å². The van der Waals surface area contributed by atoms with E-state index in [1.54, 1.807) is 12.1 Å². The Hall–Kier alpha value is -2.28. The van der Waals surface area contributed by atoms with Gasteiger partial charge in [0.15, 0.2) is 0 Å². The molecular weight excluding hydrogens is 246 g/mol. The number of nitro benzene ring substituents is 1. The first-order chi connectivity index (χ1) is 9.25. The maximum absolute atomic E-state index is 10.5. The van der Waals surface area contributed by atoms with Gasteiger partial charge in [0, 0.05) is 25.1 Å². The van der Waals surface area contributed by atoms with Gasteiger partial charge in [0.1, 0.15) is 12.2 Å². The third kappa shape index (κ3) is 4.14. The van der Waals surface area contributed by atoms with E-state index in [-0.39, 0.29) is 5.69 Å². The molecule has 1 aromatic carbocycles. The smallest absolute Gasteiger partial charge is 0.269 e. The van der Waals surface area contributed by atoms with E-state index in [0.29, 0.717) is 6.54 Å². The number of benzene rings is 1. The van der Waals surface area contributed by atoms with Crippen molar-refractivity contribution < 1.29 is 4.92 Å². The fourth-order valence-electron chi connectivity index (χ4n) is 1.70. The Morgan fingerprint density at radius 2 is 2.11 bits per heavy atom. The molecule has 0 aliphatic heterocycles. The number of rotatable bonds is 7. The number of hydrogen-bond acceptors (Lipinski definition) is 5. The fourth-order valence-corrected chi connectivity index (χ4v) is 1.70. The molecule has 7 heteroatoms. The van der Waals surface area contributed by atoms with Crippen LogP contribution in [-0.2, 0) is 13.0 Å². The summed E-state index contributed by atoms with van der Waals surface area (Å²) in [6, 6.07) is 6.57. The predicted molar refractivity (Wildman–Crippen MR) is 69.5 cm³/mol. The van der Waals surface area contributed by atoms with Crippen LogP contribution < -0.4 is 5.32 Å². The molecule has 1 heterocycles. The van der Waals surface area contributed by atoms with Gasteiger partial charge in [0.2, 0.25) is 0 Å². The van der Waals surface area contributed by atoms with E-state index in [9.17, 15) is 10.1 Å². The highest BCUT2D eigenvalue weighted by molar-refractivity contribution is 5.32. The number of non-ortho nitro benzene ring substituents is 1. The summed E-state index contributed by atoms with van der Waals surface area (Å²) in [5, 5.41) is 20.4. The molecule has 0 fully saturated rings. The molecule has 0 spiro atoms. The summed E-state index contributed by atoms with van der Waals surface area (Å²) in [4.78, 5) is 14.1. The largest absolute Gasteiger partial charge is 0.313 e. The van der Waals surface area contributed by atoms with E-state index in [1.165, 1.54) is 18.5 Å². The van der Waals surface area contributed by atoms with Crippen LogP contribution in [0.5, 0.6) is 0 Å². The number of nitro groups is 1. The van der Waals surface area contributed by atoms with E-state index in [1.807, 2.05) is 0 Å². The highest BCUT2D eigenvalue weighted by atomic mass is 16.6. The zero-order valence-electron chi connectivity index (χ0n) is 10.4. The maximum Gasteiger partial charge on any atom is 0.269 e. The molecule has 2 rings (SSSR count). The van der Waals surface area contributed by atoms with Crippen LogP contribution in [0.2, 0.25) is 0 Å². The van der Waals surface area contributed by atoms with Crippen molar-refractivity contribution in [3.8, 4) is 0 Å². The zero-order chi connectivity index (χ0) is 13.5. The first-order valence-corrected chi connectivity index (χ1v) is 6.04. The summed E-state index contributed by atoms with van der Waals surface area (Å²) in [5.74, 6) is 0.886. The second-order valence-corrected chi connectivity index (χ2v) is 4.14. The van der Waals surface area contributed by atoms with Gasteiger partial charge in [-0.3, -0.25) is 15.2 Å². The van der Waals surface area contributed by atoms with Crippen molar-refractivity contribution in [3.63, 3.8) is 0 Å². The van der Waals surface area contributed by atoms with Crippen molar-refractivity contribution in [2.75, 3.05) is 6.54 Å². The minimum absolute atomic E-state index is 0.120. The normalized spacial score (nSPS) is 10.5. The lowest BCUT2D eigenvalue weighted by Crippen LogP contribution is -2.15. The lowest BCUT2D eigenvalue weighted by Gasteiger charge is -2.04. The minimum atomic E-state index is -0.394. The average molecular weight is 261 g/mol. The predicted octanol–water partition coefficient (Wildman–Crippen LogP) is 1.44. The molecule has 1 aromatic heterocycles. The molecule has 0 aliphatic rings. The second kappa shape index (κ2) is 6.60. The number of aromatic amines is 1. The standard InChI is InChI=1S/C12H15N5O2/c18-17(19)11-5-3-10(4-6-11)8-13-7-1-2-12-14-9-15-16-12/h3-6,9,13H,1-2,7-8H2,(H,14,15,16). The number of nitrogens with one attached hydrogen (secondary N) is 2. The van der Waals surface area contributed by atoms with Crippen LogP contribution in [-0.4, -0.2) is 26.6 Å². The van der Waals surface area contributed by atoms with Crippen LogP contribution in [0.3, 0.4) is 0 Å². The van der Waals surface area contributed by atoms with E-state index in [2.05, 4.69) is 20.5 Å². The van der Waals surface area contributed by atoms with Gasteiger partial charge < -0.3 is 5.32 Å². The van der Waals surface area contributed by atoms with Gasteiger partial charge in [-0.1, -0.05) is 12.1 Å². The average Bonchev–Trinajstić information content (AvgIpc) is 2.92. The molecule has 0 unspecified atom stereocenters. The molecule has 0 saturated carbocycles. The number of nitrogens with zero attached hydrogens (tertiary/aromatic N) is 3. The summed E-state index contributed by atoms with van der Waals surface area (Å²) < 4.78 is 0. The molecule has 7 nitrogen and oxygen atoms in total. The molecule has 0 amide bonds. The monoisotopic (exact) mass is 261 g/mol. The molecule has 2 N–H and O–H groups in total. The first kappa shape index (κ1) is 13.2. The Bertz CT molecular complexity index is 509. The third-order valence-corrected chi connectivity index (χ3v) is 2.71. The quantitative estimate of drug-likeness (QED) is 0.446. The van der Waals surface area contributed by atoms with Crippen LogP contribution in [0.15, 0.2) is 30.6 Å². The van der Waals surface area contributed by atoms with Crippen molar-refractivity contribution in [3.05, 3.63) is 52.1 Å². The summed E-state index contributed by atoms with van der Waals surface area (Å²) >= 11 is 0. The van der Waals surface area contributed by atoms with Crippen molar-refractivity contribution in [2.24, 2.45) is 0 Å². The fraction of sp³-hybridized carbons (Fsp3) is 0.333. The SMILES string of the molecule is O=[N+]([O-])c1ccc(CNCCCc2ncn[nH]2)cc1. The summed E-state index contributed by atoms with van der Waals surface area (Å²) in [5.41, 5.74) is 1.15. The van der Waals surface area contributed by atoms with E-state index in [4.69, 9.17) is 0 Å². The Labute approximate surface area is 110 Å². The zero-order valence-corrected chi connectivity index (χ0v) is 10.4. The summed E-state index contributed by atoms with van der Waals surface area (Å²) in [6.07, 6.45) is 3.31. The van der Waals surface area contributed by atoms with Crippen LogP contribution in [0, 0.1) is 10.1 Å². The number of hydrogen-bond donors (Lipinski definition) is 2. The minimum Gasteiger partial charge on any atom is -0.313 e. The van der Waals surface area contributed by atoms with Crippen molar-refractivity contribution in [1.29, 1.82) is 0 Å². The lowest BCUT2D eigenvalue weighted by molar-refractivity contribution is -0.384. The first-order valence-electron chi connectivity index (χ1n) is 6.04. The lowest BCUT2D eigenvalue weighted by atomic mass is 10.2. The molecule has 0 aliphatic carbocycles. The van der Waals surface area contributed by atoms with E-state index < -0.39 is 4.92 Å². The van der Waals surface area contributed by atoms with Crippen LogP contribution >= 0.6 is 0 Å². The van der Waals surface area contributed by atoms with E-state index >= 15 is 0 Å². The van der Waals surface area contributed by atoms with Gasteiger partial charge in [-0.2, -0.15) is 5.10 Å². The molecule has 0 atom stereocenters. The van der Waals surface area contributed by atoms with Gasteiger partial charge in [-0.25, -0.2) is 4.98 Å². The van der Waals surface area contributed by atoms with Crippen molar-refractivity contribution in [2.45, 2.75) is 19.4 Å². The highest BCUT2D eigenvalue weighted by Crippen LogP contribution is 2.11. The maximum atomic E-state index is 10.5. The summed E-state index contributed by atoms with van der Waals surface area (Å²) in [7, 11) is 0. The van der Waals surface area contributed by atoms with Gasteiger partial charge in [0.05, 0.1) is 4.92 Å². The van der Waals surface area contributed by atoms with Gasteiger partial charge in [-0.05, 0) is 18.5 Å². The Morgan fingerprint density at radius 1 is 1.32 bits per heavy atom. The van der Waals surface area contributed by atoms with E-state index in [0.717, 1.165) is 30.8 Å². The molecule has 100 valence electrons. The molecule has 2 aromatic rings. The Kier molecular flexibility index (Phi) is 4.57. The number of aromatic nitrogens is 3. The van der Waals surface area contributed by atoms with Crippen LogP contribution in [0.25, 0.3) is 0 Å². The molecular formula is C12H15N5O2. The summed E-state index contributed by atoms with van der Waals surface area (Å²) in [6.45, 7) is 1.56. The molecule has 0 bridgehead atoms. The van der Waals surface area contributed by atoms with Gasteiger partial charge in [-0.15, -0.1) is 0 Å². The number of H-pyrrole nitrogens is 1. The number of aryl methyl sites for hydroxylation is 1. The third-order valence-electron chi connectivity index (χ3n) is 2.71. The Morgan fingerprint density at radius 3 is 2.74 bits per heavy atom. The Balaban J connectivity index is 1.66. The van der Waals surface area contributed by atoms with Crippen molar-refractivity contribution >= 4 is 5.69 Å². The van der Waals surface area contributed by atoms with Crippen molar-refractivity contribution in [1.82, 2.24) is 20.5 Å². The molecule has 19 heavy (non-hydrogen) atoms. The topological polar surface area (TPSA) is 96.7 Å². The van der Waals surface area contributed by atoms with Gasteiger partial charge in [0.25, 0.3) is 5.69 Å². The van der Waals surface area contributed by atoms with Crippen LogP contribution in [0.1, 0.15) is 17.8 Å². The highest BCUT2D eigenvalue weighted by Gasteiger charge is 2.03. The van der Waals surface area contributed by atoms with Crippen LogP contribution in [0.4, 0.5) is 5.69 Å².